The van der Waals surface area contributed by atoms with Crippen LogP contribution in [0.2, 0.25) is 5.02 Å². The van der Waals surface area contributed by atoms with Crippen molar-refractivity contribution in [2.24, 2.45) is 7.05 Å². The van der Waals surface area contributed by atoms with Crippen LogP contribution in [0.25, 0.3) is 10.2 Å². The Morgan fingerprint density at radius 1 is 1.40 bits per heavy atom. The molecule has 0 spiro atoms. The van der Waals surface area contributed by atoms with Gasteiger partial charge in [-0.3, -0.25) is 9.48 Å². The Morgan fingerprint density at radius 2 is 2.15 bits per heavy atom. The number of halogens is 1. The molecule has 1 N–H and O–H groups in total. The van der Waals surface area contributed by atoms with Gasteiger partial charge in [0.05, 0.1) is 21.3 Å². The third-order valence-electron chi connectivity index (χ3n) is 3.04. The highest BCUT2D eigenvalue weighted by Crippen LogP contribution is 2.29. The average molecular weight is 306 g/mol. The van der Waals surface area contributed by atoms with Crippen LogP contribution in [0.5, 0.6) is 0 Å². The fourth-order valence-electron chi connectivity index (χ4n) is 2.06. The zero-order valence-corrected chi connectivity index (χ0v) is 12.5. The van der Waals surface area contributed by atoms with Gasteiger partial charge in [-0.25, -0.2) is 0 Å². The number of hydrogen-bond donors (Lipinski definition) is 1. The Morgan fingerprint density at radius 3 is 2.85 bits per heavy atom. The first-order valence-corrected chi connectivity index (χ1v) is 7.24. The van der Waals surface area contributed by atoms with Crippen LogP contribution < -0.4 is 5.32 Å². The van der Waals surface area contributed by atoms with Gasteiger partial charge >= 0.3 is 0 Å². The molecule has 0 saturated heterocycles. The average Bonchev–Trinajstić information content (AvgIpc) is 2.95. The highest BCUT2D eigenvalue weighted by molar-refractivity contribution is 7.20. The van der Waals surface area contributed by atoms with Gasteiger partial charge < -0.3 is 5.32 Å². The molecule has 20 heavy (non-hydrogen) atoms. The molecule has 6 heteroatoms. The largest absolute Gasteiger partial charge is 0.320 e. The molecule has 3 aromatic rings. The number of rotatable bonds is 2. The Bertz CT molecular complexity index is 771. The summed E-state index contributed by atoms with van der Waals surface area (Å²) in [6.45, 7) is 1.94. The van der Waals surface area contributed by atoms with Crippen LogP contribution in [-0.2, 0) is 7.05 Å². The van der Waals surface area contributed by atoms with Crippen LogP contribution in [0.1, 0.15) is 15.4 Å². The molecule has 0 saturated carbocycles. The molecule has 2 aromatic heterocycles. The lowest BCUT2D eigenvalue weighted by Crippen LogP contribution is -2.10. The van der Waals surface area contributed by atoms with E-state index in [-0.39, 0.29) is 5.91 Å². The SMILES string of the molecule is Cc1nn(C)c2sc(C(=O)Nc3ccccc3Cl)cc12. The molecule has 1 aromatic carbocycles. The maximum atomic E-state index is 12.3. The summed E-state index contributed by atoms with van der Waals surface area (Å²) in [6, 6.07) is 9.05. The summed E-state index contributed by atoms with van der Waals surface area (Å²) in [5, 5.41) is 8.69. The molecule has 3 rings (SSSR count). The quantitative estimate of drug-likeness (QED) is 0.781. The van der Waals surface area contributed by atoms with Crippen molar-refractivity contribution in [3.63, 3.8) is 0 Å². The van der Waals surface area contributed by atoms with Crippen LogP contribution in [-0.4, -0.2) is 15.7 Å². The van der Waals surface area contributed by atoms with Gasteiger partial charge in [0.2, 0.25) is 0 Å². The smallest absolute Gasteiger partial charge is 0.265 e. The number of para-hydroxylation sites is 1. The van der Waals surface area contributed by atoms with Crippen molar-refractivity contribution in [2.45, 2.75) is 6.92 Å². The zero-order chi connectivity index (χ0) is 14.3. The van der Waals surface area contributed by atoms with E-state index in [1.165, 1.54) is 11.3 Å². The van der Waals surface area contributed by atoms with Crippen molar-refractivity contribution < 1.29 is 4.79 Å². The highest BCUT2D eigenvalue weighted by atomic mass is 35.5. The molecule has 0 aliphatic rings. The van der Waals surface area contributed by atoms with E-state index in [0.717, 1.165) is 15.9 Å². The summed E-state index contributed by atoms with van der Waals surface area (Å²) >= 11 is 7.46. The van der Waals surface area contributed by atoms with Crippen LogP contribution in [0.15, 0.2) is 30.3 Å². The number of carbonyl (C=O) groups excluding carboxylic acids is 1. The molecule has 0 radical (unpaired) electrons. The second-order valence-corrected chi connectivity index (χ2v) is 5.91. The van der Waals surface area contributed by atoms with E-state index in [1.54, 1.807) is 16.8 Å². The molecular formula is C14H12ClN3OS. The maximum Gasteiger partial charge on any atom is 0.265 e. The summed E-state index contributed by atoms with van der Waals surface area (Å²) in [7, 11) is 1.88. The van der Waals surface area contributed by atoms with Gasteiger partial charge in [0.1, 0.15) is 4.83 Å². The first-order chi connectivity index (χ1) is 9.56. The van der Waals surface area contributed by atoms with Crippen LogP contribution in [0, 0.1) is 6.92 Å². The normalized spacial score (nSPS) is 10.9. The molecule has 0 atom stereocenters. The van der Waals surface area contributed by atoms with Crippen LogP contribution in [0.3, 0.4) is 0 Å². The number of fused-ring (bicyclic) bond motifs is 1. The van der Waals surface area contributed by atoms with Gasteiger partial charge in [-0.2, -0.15) is 5.10 Å². The van der Waals surface area contributed by atoms with Crippen molar-refractivity contribution in [2.75, 3.05) is 5.32 Å². The monoisotopic (exact) mass is 305 g/mol. The molecular weight excluding hydrogens is 294 g/mol. The molecule has 0 aliphatic heterocycles. The summed E-state index contributed by atoms with van der Waals surface area (Å²) < 4.78 is 1.79. The van der Waals surface area contributed by atoms with E-state index in [9.17, 15) is 4.79 Å². The predicted octanol–water partition coefficient (Wildman–Crippen LogP) is 3.85. The third kappa shape index (κ3) is 2.19. The molecule has 2 heterocycles. The second-order valence-electron chi connectivity index (χ2n) is 4.47. The standard InChI is InChI=1S/C14H12ClN3OS/c1-8-9-7-12(20-14(9)18(2)17-8)13(19)16-11-6-4-3-5-10(11)15/h3-7H,1-2H3,(H,16,19). The minimum Gasteiger partial charge on any atom is -0.320 e. The van der Waals surface area contributed by atoms with Gasteiger partial charge in [-0.05, 0) is 25.1 Å². The van der Waals surface area contributed by atoms with E-state index >= 15 is 0 Å². The van der Waals surface area contributed by atoms with Crippen molar-refractivity contribution in [1.29, 1.82) is 0 Å². The van der Waals surface area contributed by atoms with E-state index in [0.29, 0.717) is 15.6 Å². The number of aryl methyl sites for hydroxylation is 2. The number of hydrogen-bond acceptors (Lipinski definition) is 3. The van der Waals surface area contributed by atoms with Gasteiger partial charge in [0.25, 0.3) is 5.91 Å². The van der Waals surface area contributed by atoms with Crippen molar-refractivity contribution in [3.8, 4) is 0 Å². The van der Waals surface area contributed by atoms with E-state index < -0.39 is 0 Å². The Labute approximate surface area is 125 Å². The van der Waals surface area contributed by atoms with E-state index in [1.807, 2.05) is 32.2 Å². The van der Waals surface area contributed by atoms with Gasteiger partial charge in [-0.15, -0.1) is 11.3 Å². The maximum absolute atomic E-state index is 12.3. The Balaban J connectivity index is 1.93. The highest BCUT2D eigenvalue weighted by Gasteiger charge is 2.15. The fraction of sp³-hybridized carbons (Fsp3) is 0.143. The molecule has 1 amide bonds. The molecule has 4 nitrogen and oxygen atoms in total. The number of aromatic nitrogens is 2. The summed E-state index contributed by atoms with van der Waals surface area (Å²) in [5.74, 6) is -0.154. The van der Waals surface area contributed by atoms with Gasteiger partial charge in [-0.1, -0.05) is 23.7 Å². The zero-order valence-electron chi connectivity index (χ0n) is 11.0. The summed E-state index contributed by atoms with van der Waals surface area (Å²) in [5.41, 5.74) is 1.54. The fourth-order valence-corrected chi connectivity index (χ4v) is 3.26. The third-order valence-corrected chi connectivity index (χ3v) is 4.57. The molecule has 102 valence electrons. The molecule has 0 fully saturated rings. The summed E-state index contributed by atoms with van der Waals surface area (Å²) in [4.78, 5) is 13.9. The van der Waals surface area contributed by atoms with Crippen molar-refractivity contribution in [3.05, 3.63) is 45.9 Å². The summed E-state index contributed by atoms with van der Waals surface area (Å²) in [6.07, 6.45) is 0. The number of nitrogens with one attached hydrogen (secondary N) is 1. The number of nitrogens with zero attached hydrogens (tertiary/aromatic N) is 2. The first kappa shape index (κ1) is 13.1. The van der Waals surface area contributed by atoms with Crippen molar-refractivity contribution in [1.82, 2.24) is 9.78 Å². The molecule has 0 aliphatic carbocycles. The Kier molecular flexibility index (Phi) is 3.23. The number of amides is 1. The lowest BCUT2D eigenvalue weighted by Gasteiger charge is -2.04. The first-order valence-electron chi connectivity index (χ1n) is 6.05. The molecule has 0 bridgehead atoms. The minimum atomic E-state index is -0.154. The van der Waals surface area contributed by atoms with Crippen molar-refractivity contribution >= 4 is 44.7 Å². The van der Waals surface area contributed by atoms with E-state index in [4.69, 9.17) is 11.6 Å². The lowest BCUT2D eigenvalue weighted by molar-refractivity contribution is 0.103. The van der Waals surface area contributed by atoms with Gasteiger partial charge in [0.15, 0.2) is 0 Å². The number of benzene rings is 1. The van der Waals surface area contributed by atoms with E-state index in [2.05, 4.69) is 10.4 Å². The Hall–Kier alpha value is -1.85. The van der Waals surface area contributed by atoms with Crippen LogP contribution in [0.4, 0.5) is 5.69 Å². The minimum absolute atomic E-state index is 0.154. The second kappa shape index (κ2) is 4.92. The molecule has 0 unspecified atom stereocenters. The number of anilines is 1. The lowest BCUT2D eigenvalue weighted by atomic mass is 10.3. The number of thiophene rings is 1. The topological polar surface area (TPSA) is 46.9 Å². The van der Waals surface area contributed by atoms with Gasteiger partial charge in [0, 0.05) is 12.4 Å². The predicted molar refractivity (Wildman–Crippen MR) is 82.7 cm³/mol. The number of carbonyl (C=O) groups is 1. The van der Waals surface area contributed by atoms with Crippen LogP contribution >= 0.6 is 22.9 Å².